The van der Waals surface area contributed by atoms with Crippen molar-refractivity contribution in [3.05, 3.63) is 56.9 Å². The van der Waals surface area contributed by atoms with Crippen LogP contribution in [-0.2, 0) is 14.4 Å². The van der Waals surface area contributed by atoms with E-state index in [1.807, 2.05) is 22.6 Å². The number of halogens is 2. The number of amides is 2. The van der Waals surface area contributed by atoms with E-state index in [9.17, 15) is 18.8 Å². The number of hydrogen-bond donors (Lipinski definition) is 2. The zero-order chi connectivity index (χ0) is 22.7. The monoisotopic (exact) mass is 556 g/mol. The Bertz CT molecular complexity index is 1140. The normalized spacial score (nSPS) is 15.1. The summed E-state index contributed by atoms with van der Waals surface area (Å²) in [4.78, 5) is 37.1. The molecule has 2 aromatic carbocycles. The molecule has 0 spiro atoms. The first kappa shape index (κ1) is 22.6. The summed E-state index contributed by atoms with van der Waals surface area (Å²) in [6.45, 7) is -0.567. The highest BCUT2D eigenvalue weighted by Gasteiger charge is 2.35. The van der Waals surface area contributed by atoms with E-state index in [2.05, 4.69) is 5.32 Å². The summed E-state index contributed by atoms with van der Waals surface area (Å²) in [6, 6.07) is 8.61. The SMILES string of the molecule is COc1cc(/C=C2\C(=O)NC(=S)N(c3ccccc3F)C2=O)cc(I)c1OCC(=O)O. The Morgan fingerprint density at radius 2 is 2.03 bits per heavy atom. The third-order valence-electron chi connectivity index (χ3n) is 4.10. The van der Waals surface area contributed by atoms with E-state index in [1.54, 1.807) is 6.07 Å². The number of carboxylic acids is 1. The third kappa shape index (κ3) is 4.82. The molecule has 1 aliphatic heterocycles. The molecule has 11 heteroatoms. The van der Waals surface area contributed by atoms with Gasteiger partial charge in [-0.2, -0.15) is 0 Å². The summed E-state index contributed by atoms with van der Waals surface area (Å²) in [5, 5.41) is 11.0. The van der Waals surface area contributed by atoms with Crippen molar-refractivity contribution in [1.29, 1.82) is 0 Å². The zero-order valence-electron chi connectivity index (χ0n) is 15.8. The molecule has 0 unspecified atom stereocenters. The molecule has 1 aliphatic rings. The van der Waals surface area contributed by atoms with Gasteiger partial charge < -0.3 is 14.6 Å². The minimum Gasteiger partial charge on any atom is -0.493 e. The van der Waals surface area contributed by atoms with Crippen LogP contribution in [0.2, 0.25) is 0 Å². The van der Waals surface area contributed by atoms with Gasteiger partial charge in [0, 0.05) is 0 Å². The van der Waals surface area contributed by atoms with E-state index in [1.165, 1.54) is 43.5 Å². The number of carboxylic acid groups (broad SMARTS) is 1. The molecule has 8 nitrogen and oxygen atoms in total. The summed E-state index contributed by atoms with van der Waals surface area (Å²) in [5.41, 5.74) is 0.0469. The molecule has 2 aromatic rings. The number of carbonyl (C=O) groups is 3. The molecule has 1 saturated heterocycles. The second kappa shape index (κ2) is 9.39. The number of methoxy groups -OCH3 is 1. The topological polar surface area (TPSA) is 105 Å². The Balaban J connectivity index is 2.01. The summed E-state index contributed by atoms with van der Waals surface area (Å²) >= 11 is 6.98. The van der Waals surface area contributed by atoms with Crippen LogP contribution in [0.1, 0.15) is 5.56 Å². The van der Waals surface area contributed by atoms with Crippen molar-refractivity contribution in [2.24, 2.45) is 0 Å². The van der Waals surface area contributed by atoms with E-state index in [4.69, 9.17) is 26.8 Å². The number of thiocarbonyl (C=S) groups is 1. The lowest BCUT2D eigenvalue weighted by Gasteiger charge is -2.29. The average Bonchev–Trinajstić information content (AvgIpc) is 2.71. The molecule has 0 aliphatic carbocycles. The molecular weight excluding hydrogens is 542 g/mol. The highest BCUT2D eigenvalue weighted by atomic mass is 127. The molecule has 0 atom stereocenters. The maximum atomic E-state index is 14.2. The second-order valence-corrected chi connectivity index (χ2v) is 7.67. The summed E-state index contributed by atoms with van der Waals surface area (Å²) in [6.07, 6.45) is 1.30. The number of para-hydroxylation sites is 1. The van der Waals surface area contributed by atoms with E-state index in [0.29, 0.717) is 9.13 Å². The molecule has 1 heterocycles. The number of aliphatic carboxylic acids is 1. The lowest BCUT2D eigenvalue weighted by atomic mass is 10.1. The quantitative estimate of drug-likeness (QED) is 0.244. The van der Waals surface area contributed by atoms with Crippen LogP contribution in [0.4, 0.5) is 10.1 Å². The number of carbonyl (C=O) groups excluding carboxylic acids is 2. The van der Waals surface area contributed by atoms with Crippen molar-refractivity contribution in [3.63, 3.8) is 0 Å². The first-order valence-electron chi connectivity index (χ1n) is 8.61. The number of nitrogens with zero attached hydrogens (tertiary/aromatic N) is 1. The summed E-state index contributed by atoms with van der Waals surface area (Å²) < 4.78 is 25.2. The Hall–Kier alpha value is -3.06. The van der Waals surface area contributed by atoms with Crippen molar-refractivity contribution < 1.29 is 33.4 Å². The molecule has 0 radical (unpaired) electrons. The van der Waals surface area contributed by atoms with E-state index in [-0.39, 0.29) is 27.9 Å². The predicted molar refractivity (Wildman–Crippen MR) is 121 cm³/mol. The van der Waals surface area contributed by atoms with Crippen molar-refractivity contribution in [2.75, 3.05) is 18.6 Å². The van der Waals surface area contributed by atoms with Gasteiger partial charge in [-0.1, -0.05) is 12.1 Å². The molecule has 3 rings (SSSR count). The van der Waals surface area contributed by atoms with Crippen molar-refractivity contribution in [1.82, 2.24) is 5.32 Å². The Kier molecular flexibility index (Phi) is 6.85. The van der Waals surface area contributed by atoms with Crippen LogP contribution in [-0.4, -0.2) is 41.7 Å². The van der Waals surface area contributed by atoms with Gasteiger partial charge in [-0.25, -0.2) is 14.1 Å². The maximum absolute atomic E-state index is 14.2. The van der Waals surface area contributed by atoms with E-state index in [0.717, 1.165) is 4.90 Å². The summed E-state index contributed by atoms with van der Waals surface area (Å²) in [7, 11) is 1.37. The lowest BCUT2D eigenvalue weighted by Crippen LogP contribution is -2.54. The van der Waals surface area contributed by atoms with Crippen molar-refractivity contribution >= 4 is 69.5 Å². The Morgan fingerprint density at radius 3 is 2.68 bits per heavy atom. The number of rotatable bonds is 6. The van der Waals surface area contributed by atoms with Crippen LogP contribution in [0, 0.1) is 9.39 Å². The highest BCUT2D eigenvalue weighted by molar-refractivity contribution is 14.1. The fourth-order valence-electron chi connectivity index (χ4n) is 2.77. The molecule has 0 saturated carbocycles. The van der Waals surface area contributed by atoms with Gasteiger partial charge in [0.05, 0.1) is 16.4 Å². The van der Waals surface area contributed by atoms with Crippen LogP contribution in [0.15, 0.2) is 42.0 Å². The standard InChI is InChI=1S/C20H14FIN2O6S/c1-29-15-8-10(7-13(22)17(15)30-9-16(25)26)6-11-18(27)23-20(31)24(19(11)28)14-5-3-2-4-12(14)21/h2-8H,9H2,1H3,(H,25,26)(H,23,27,31)/b11-6+. The molecular formula is C20H14FIN2O6S. The van der Waals surface area contributed by atoms with E-state index < -0.39 is 30.2 Å². The van der Waals surface area contributed by atoms with Gasteiger partial charge in [-0.3, -0.25) is 14.9 Å². The molecule has 2 N–H and O–H groups in total. The Labute approximate surface area is 194 Å². The summed E-state index contributed by atoms with van der Waals surface area (Å²) in [5.74, 6) is -2.93. The molecule has 2 amide bonds. The molecule has 1 fully saturated rings. The third-order valence-corrected chi connectivity index (χ3v) is 5.18. The first-order chi connectivity index (χ1) is 14.7. The zero-order valence-corrected chi connectivity index (χ0v) is 18.8. The number of ether oxygens (including phenoxy) is 2. The molecule has 0 bridgehead atoms. The number of hydrogen-bond acceptors (Lipinski definition) is 6. The fraction of sp³-hybridized carbons (Fsp3) is 0.100. The number of benzene rings is 2. The van der Waals surface area contributed by atoms with Gasteiger partial charge in [0.25, 0.3) is 11.8 Å². The van der Waals surface area contributed by atoms with Crippen molar-refractivity contribution in [3.8, 4) is 11.5 Å². The second-order valence-electron chi connectivity index (χ2n) is 6.13. The van der Waals surface area contributed by atoms with Gasteiger partial charge >= 0.3 is 5.97 Å². The van der Waals surface area contributed by atoms with Gasteiger partial charge in [-0.05, 0) is 70.7 Å². The largest absolute Gasteiger partial charge is 0.493 e. The maximum Gasteiger partial charge on any atom is 0.341 e. The highest BCUT2D eigenvalue weighted by Crippen LogP contribution is 2.35. The Morgan fingerprint density at radius 1 is 1.32 bits per heavy atom. The van der Waals surface area contributed by atoms with Crippen LogP contribution < -0.4 is 19.7 Å². The van der Waals surface area contributed by atoms with Gasteiger partial charge in [0.15, 0.2) is 23.2 Å². The minimum atomic E-state index is -1.15. The smallest absolute Gasteiger partial charge is 0.341 e. The molecule has 31 heavy (non-hydrogen) atoms. The van der Waals surface area contributed by atoms with Crippen molar-refractivity contribution in [2.45, 2.75) is 0 Å². The van der Waals surface area contributed by atoms with Crippen LogP contribution >= 0.6 is 34.8 Å². The molecule has 160 valence electrons. The van der Waals surface area contributed by atoms with Crippen LogP contribution in [0.25, 0.3) is 6.08 Å². The lowest BCUT2D eigenvalue weighted by molar-refractivity contribution is -0.139. The van der Waals surface area contributed by atoms with E-state index >= 15 is 0 Å². The number of anilines is 1. The van der Waals surface area contributed by atoms with Gasteiger partial charge in [0.2, 0.25) is 0 Å². The minimum absolute atomic E-state index is 0.0898. The van der Waals surface area contributed by atoms with Crippen LogP contribution in [0.3, 0.4) is 0 Å². The number of nitrogens with one attached hydrogen (secondary N) is 1. The predicted octanol–water partition coefficient (Wildman–Crippen LogP) is 2.73. The first-order valence-corrected chi connectivity index (χ1v) is 10.1. The van der Waals surface area contributed by atoms with Gasteiger partial charge in [-0.15, -0.1) is 0 Å². The molecule has 0 aromatic heterocycles. The average molecular weight is 556 g/mol. The van der Waals surface area contributed by atoms with Crippen LogP contribution in [0.5, 0.6) is 11.5 Å². The van der Waals surface area contributed by atoms with Gasteiger partial charge in [0.1, 0.15) is 11.4 Å². The fourth-order valence-corrected chi connectivity index (χ4v) is 3.83.